The molecule has 4 aromatic rings. The molecule has 1 saturated heterocycles. The molecule has 0 unspecified atom stereocenters. The van der Waals surface area contributed by atoms with E-state index in [1.165, 1.54) is 0 Å². The molecule has 0 aliphatic carbocycles. The van der Waals surface area contributed by atoms with Crippen LogP contribution in [0.2, 0.25) is 0 Å². The maximum absolute atomic E-state index is 12.8. The van der Waals surface area contributed by atoms with E-state index in [1.54, 1.807) is 0 Å². The number of pyridine rings is 1. The first-order valence-corrected chi connectivity index (χ1v) is 11.9. The van der Waals surface area contributed by atoms with E-state index in [1.807, 2.05) is 49.8 Å². The number of benzene rings is 2. The van der Waals surface area contributed by atoms with Crippen molar-refractivity contribution in [3.63, 3.8) is 0 Å². The van der Waals surface area contributed by atoms with E-state index in [2.05, 4.69) is 59.7 Å². The van der Waals surface area contributed by atoms with Gasteiger partial charge >= 0.3 is 0 Å². The molecule has 0 saturated carbocycles. The van der Waals surface area contributed by atoms with Crippen LogP contribution in [0.15, 0.2) is 67.0 Å². The third-order valence-electron chi connectivity index (χ3n) is 6.75. The van der Waals surface area contributed by atoms with Crippen LogP contribution in [0.1, 0.15) is 15.9 Å². The Morgan fingerprint density at radius 2 is 1.77 bits per heavy atom. The van der Waals surface area contributed by atoms with Crippen molar-refractivity contribution in [3.05, 3.63) is 78.1 Å². The lowest BCUT2D eigenvalue weighted by molar-refractivity contribution is 0.0966. The Kier molecular flexibility index (Phi) is 5.42. The van der Waals surface area contributed by atoms with Gasteiger partial charge < -0.3 is 25.4 Å². The van der Waals surface area contributed by atoms with Gasteiger partial charge in [-0.3, -0.25) is 4.79 Å². The molecular weight excluding hydrogens is 438 g/mol. The molecule has 0 bridgehead atoms. The molecule has 2 aliphatic rings. The van der Waals surface area contributed by atoms with Crippen molar-refractivity contribution in [2.24, 2.45) is 7.05 Å². The summed E-state index contributed by atoms with van der Waals surface area (Å²) >= 11 is 0. The number of carbonyl (C=O) groups excluding carboxylic acids is 1. The first-order valence-electron chi connectivity index (χ1n) is 11.9. The Bertz CT molecular complexity index is 1370. The molecule has 6 rings (SSSR count). The molecule has 0 spiro atoms. The molecule has 0 atom stereocenters. The fourth-order valence-electron chi connectivity index (χ4n) is 4.92. The number of fused-ring (bicyclic) bond motifs is 1. The maximum atomic E-state index is 12.8. The van der Waals surface area contributed by atoms with Crippen molar-refractivity contribution in [1.29, 1.82) is 0 Å². The van der Waals surface area contributed by atoms with Gasteiger partial charge in [-0.2, -0.15) is 0 Å². The van der Waals surface area contributed by atoms with Crippen LogP contribution in [0.3, 0.4) is 0 Å². The average Bonchev–Trinajstić information content (AvgIpc) is 3.49. The van der Waals surface area contributed by atoms with Crippen LogP contribution in [0, 0.1) is 0 Å². The third kappa shape index (κ3) is 3.91. The van der Waals surface area contributed by atoms with E-state index in [0.717, 1.165) is 65.8 Å². The Labute approximate surface area is 204 Å². The van der Waals surface area contributed by atoms with Crippen LogP contribution in [-0.2, 0) is 13.6 Å². The zero-order valence-corrected chi connectivity index (χ0v) is 19.6. The first-order chi connectivity index (χ1) is 17.2. The largest absolute Gasteiger partial charge is 0.368 e. The summed E-state index contributed by atoms with van der Waals surface area (Å²) in [6, 6.07) is 18.2. The highest BCUT2D eigenvalue weighted by molar-refractivity contribution is 6.06. The van der Waals surface area contributed by atoms with Gasteiger partial charge in [-0.05, 0) is 23.8 Å². The zero-order chi connectivity index (χ0) is 23.8. The monoisotopic (exact) mass is 465 g/mol. The predicted molar refractivity (Wildman–Crippen MR) is 138 cm³/mol. The standard InChI is InChI=1S/C27H27N7O/c1-33-23(17-30-26(33)18-5-3-2-4-6-18)20-8-9-22(25-21(20)16-31-27(25)35)32-24-10-7-19(15-29-24)34-13-11-28-12-14-34/h2-10,15,17,28H,11-14,16H2,1H3,(H,29,32)(H,31,35). The Hall–Kier alpha value is -4.17. The van der Waals surface area contributed by atoms with E-state index in [0.29, 0.717) is 17.9 Å². The number of anilines is 3. The van der Waals surface area contributed by atoms with Crippen LogP contribution >= 0.6 is 0 Å². The van der Waals surface area contributed by atoms with Gasteiger partial charge in [0, 0.05) is 50.9 Å². The van der Waals surface area contributed by atoms with E-state index in [9.17, 15) is 4.79 Å². The molecule has 1 amide bonds. The quantitative estimate of drug-likeness (QED) is 0.418. The molecule has 8 nitrogen and oxygen atoms in total. The van der Waals surface area contributed by atoms with Crippen LogP contribution in [0.5, 0.6) is 0 Å². The summed E-state index contributed by atoms with van der Waals surface area (Å²) in [7, 11) is 2.01. The Morgan fingerprint density at radius 1 is 0.943 bits per heavy atom. The van der Waals surface area contributed by atoms with Crippen molar-refractivity contribution < 1.29 is 4.79 Å². The number of amides is 1. The summed E-state index contributed by atoms with van der Waals surface area (Å²) in [5.74, 6) is 1.53. The fraction of sp³-hybridized carbons (Fsp3) is 0.222. The van der Waals surface area contributed by atoms with Gasteiger partial charge in [-0.25, -0.2) is 9.97 Å². The van der Waals surface area contributed by atoms with Gasteiger partial charge in [0.1, 0.15) is 11.6 Å². The molecule has 35 heavy (non-hydrogen) atoms. The van der Waals surface area contributed by atoms with Gasteiger partial charge in [0.2, 0.25) is 0 Å². The van der Waals surface area contributed by atoms with Gasteiger partial charge in [-0.15, -0.1) is 0 Å². The zero-order valence-electron chi connectivity index (χ0n) is 19.6. The van der Waals surface area contributed by atoms with Gasteiger partial charge in [-0.1, -0.05) is 36.4 Å². The number of piperazine rings is 1. The molecule has 3 N–H and O–H groups in total. The average molecular weight is 466 g/mol. The van der Waals surface area contributed by atoms with E-state index in [4.69, 9.17) is 0 Å². The van der Waals surface area contributed by atoms with E-state index in [-0.39, 0.29) is 5.91 Å². The van der Waals surface area contributed by atoms with Crippen molar-refractivity contribution in [2.75, 3.05) is 36.4 Å². The molecule has 2 aliphatic heterocycles. The Morgan fingerprint density at radius 3 is 2.54 bits per heavy atom. The second-order valence-electron chi connectivity index (χ2n) is 8.85. The normalized spacial score (nSPS) is 15.1. The number of hydrogen-bond acceptors (Lipinski definition) is 6. The molecule has 1 fully saturated rings. The summed E-state index contributed by atoms with van der Waals surface area (Å²) in [5, 5.41) is 9.72. The molecule has 0 radical (unpaired) electrons. The lowest BCUT2D eigenvalue weighted by Gasteiger charge is -2.29. The van der Waals surface area contributed by atoms with Crippen LogP contribution in [-0.4, -0.2) is 46.6 Å². The fourth-order valence-corrected chi connectivity index (χ4v) is 4.92. The minimum Gasteiger partial charge on any atom is -0.368 e. The molecular formula is C27H27N7O. The molecule has 2 aromatic heterocycles. The van der Waals surface area contributed by atoms with Crippen molar-refractivity contribution in [2.45, 2.75) is 6.54 Å². The van der Waals surface area contributed by atoms with Crippen LogP contribution < -0.4 is 20.9 Å². The Balaban J connectivity index is 1.31. The third-order valence-corrected chi connectivity index (χ3v) is 6.75. The second kappa shape index (κ2) is 8.88. The number of nitrogens with zero attached hydrogens (tertiary/aromatic N) is 4. The summed E-state index contributed by atoms with van der Waals surface area (Å²) in [4.78, 5) is 24.4. The summed E-state index contributed by atoms with van der Waals surface area (Å²) in [6.45, 7) is 4.40. The summed E-state index contributed by atoms with van der Waals surface area (Å²) in [5.41, 5.74) is 6.54. The number of carbonyl (C=O) groups is 1. The maximum Gasteiger partial charge on any atom is 0.254 e. The summed E-state index contributed by atoms with van der Waals surface area (Å²) in [6.07, 6.45) is 3.77. The number of rotatable bonds is 5. The molecule has 8 heteroatoms. The highest BCUT2D eigenvalue weighted by atomic mass is 16.1. The van der Waals surface area contributed by atoms with Crippen LogP contribution in [0.4, 0.5) is 17.2 Å². The minimum absolute atomic E-state index is 0.0766. The van der Waals surface area contributed by atoms with Gasteiger partial charge in [0.15, 0.2) is 0 Å². The van der Waals surface area contributed by atoms with E-state index < -0.39 is 0 Å². The molecule has 176 valence electrons. The van der Waals surface area contributed by atoms with Crippen LogP contribution in [0.25, 0.3) is 22.6 Å². The highest BCUT2D eigenvalue weighted by Gasteiger charge is 2.27. The summed E-state index contributed by atoms with van der Waals surface area (Å²) < 4.78 is 2.08. The SMILES string of the molecule is Cn1c(-c2ccc(Nc3ccc(N4CCNCC4)cn3)c3c2CNC3=O)cnc1-c1ccccc1. The highest BCUT2D eigenvalue weighted by Crippen LogP contribution is 2.36. The molecule has 4 heterocycles. The van der Waals surface area contributed by atoms with Crippen molar-refractivity contribution >= 4 is 23.1 Å². The van der Waals surface area contributed by atoms with E-state index >= 15 is 0 Å². The number of aromatic nitrogens is 3. The van der Waals surface area contributed by atoms with Gasteiger partial charge in [0.05, 0.1) is 35.0 Å². The smallest absolute Gasteiger partial charge is 0.254 e. The second-order valence-corrected chi connectivity index (χ2v) is 8.85. The van der Waals surface area contributed by atoms with Crippen molar-refractivity contribution in [1.82, 2.24) is 25.2 Å². The number of hydrogen-bond donors (Lipinski definition) is 3. The minimum atomic E-state index is -0.0766. The number of imidazole rings is 1. The van der Waals surface area contributed by atoms with Gasteiger partial charge in [0.25, 0.3) is 5.91 Å². The predicted octanol–water partition coefficient (Wildman–Crippen LogP) is 3.55. The topological polar surface area (TPSA) is 87.1 Å². The molecule has 2 aromatic carbocycles. The van der Waals surface area contributed by atoms with Crippen molar-refractivity contribution in [3.8, 4) is 22.6 Å². The lowest BCUT2D eigenvalue weighted by Crippen LogP contribution is -2.43. The lowest BCUT2D eigenvalue weighted by atomic mass is 9.99. The first kappa shape index (κ1) is 21.4. The number of nitrogens with one attached hydrogen (secondary N) is 3.